The number of sulfonamides is 1. The molecule has 0 radical (unpaired) electrons. The van der Waals surface area contributed by atoms with Gasteiger partial charge in [0.25, 0.3) is 0 Å². The molecule has 0 aliphatic carbocycles. The molecule has 2 N–H and O–H groups in total. The van der Waals surface area contributed by atoms with E-state index in [1.807, 2.05) is 13.8 Å². The first kappa shape index (κ1) is 30.5. The number of rotatable bonds is 13. The summed E-state index contributed by atoms with van der Waals surface area (Å²) in [5.74, 6) is -0.495. The van der Waals surface area contributed by atoms with Gasteiger partial charge in [0.1, 0.15) is 0 Å². The van der Waals surface area contributed by atoms with Gasteiger partial charge in [0, 0.05) is 32.3 Å². The Bertz CT molecular complexity index is 1330. The first-order valence-electron chi connectivity index (χ1n) is 14.0. The van der Waals surface area contributed by atoms with Crippen LogP contribution in [-0.2, 0) is 24.6 Å². The van der Waals surface area contributed by atoms with Crippen molar-refractivity contribution in [1.29, 1.82) is 0 Å². The predicted octanol–water partition coefficient (Wildman–Crippen LogP) is 3.22. The zero-order valence-electron chi connectivity index (χ0n) is 23.5. The van der Waals surface area contributed by atoms with Crippen LogP contribution < -0.4 is 19.7 Å². The third kappa shape index (κ3) is 7.62. The summed E-state index contributed by atoms with van der Waals surface area (Å²) in [6.45, 7) is 8.99. The fourth-order valence-corrected chi connectivity index (χ4v) is 9.49. The Kier molecular flexibility index (Phi) is 10.3. The van der Waals surface area contributed by atoms with Crippen LogP contribution in [0.3, 0.4) is 0 Å². The van der Waals surface area contributed by atoms with Gasteiger partial charge < -0.3 is 19.7 Å². The number of hydrogen-bond acceptors (Lipinski definition) is 10. The molecular formula is C27H41N5O6S2. The van der Waals surface area contributed by atoms with E-state index in [1.54, 1.807) is 12.4 Å². The number of nitrogens with zero attached hydrogens (tertiary/aromatic N) is 3. The monoisotopic (exact) mass is 595 g/mol. The van der Waals surface area contributed by atoms with Crippen molar-refractivity contribution in [3.8, 4) is 6.01 Å². The summed E-state index contributed by atoms with van der Waals surface area (Å²) in [6.07, 6.45) is 6.09. The molecule has 2 aromatic rings. The van der Waals surface area contributed by atoms with E-state index in [0.29, 0.717) is 30.8 Å². The van der Waals surface area contributed by atoms with E-state index in [-0.39, 0.29) is 30.4 Å². The van der Waals surface area contributed by atoms with Crippen LogP contribution in [0.25, 0.3) is 0 Å². The normalized spacial score (nSPS) is 20.2. The van der Waals surface area contributed by atoms with Crippen LogP contribution in [0.4, 0.5) is 17.1 Å². The van der Waals surface area contributed by atoms with Crippen LogP contribution in [0.2, 0.25) is 0 Å². The largest absolute Gasteiger partial charge is 0.464 e. The molecule has 222 valence electrons. The van der Waals surface area contributed by atoms with Crippen molar-refractivity contribution in [2.24, 2.45) is 0 Å². The van der Waals surface area contributed by atoms with E-state index in [0.717, 1.165) is 49.5 Å². The molecule has 11 nitrogen and oxygen atoms in total. The average molecular weight is 596 g/mol. The molecule has 1 aromatic heterocycles. The molecule has 2 unspecified atom stereocenters. The van der Waals surface area contributed by atoms with E-state index in [1.165, 1.54) is 0 Å². The van der Waals surface area contributed by atoms with Gasteiger partial charge in [-0.25, -0.2) is 31.5 Å². The third-order valence-corrected chi connectivity index (χ3v) is 11.4. The minimum Gasteiger partial charge on any atom is -0.464 e. The molecule has 0 amide bonds. The van der Waals surface area contributed by atoms with Gasteiger partial charge in [-0.1, -0.05) is 13.0 Å². The molecule has 0 saturated carbocycles. The van der Waals surface area contributed by atoms with Gasteiger partial charge >= 0.3 is 6.01 Å². The lowest BCUT2D eigenvalue weighted by molar-refractivity contribution is 0.0846. The van der Waals surface area contributed by atoms with Gasteiger partial charge in [0.15, 0.2) is 9.84 Å². The first-order chi connectivity index (χ1) is 19.2. The van der Waals surface area contributed by atoms with E-state index < -0.39 is 25.1 Å². The highest BCUT2D eigenvalue weighted by Gasteiger charge is 2.37. The van der Waals surface area contributed by atoms with Gasteiger partial charge in [-0.3, -0.25) is 0 Å². The SMILES string of the molecule is CCOc1ncc(Nc2cc(C(CC)CNS(=O)(=O)C3CCS(=O)(=O)C3)ccc2N(CC)C2CCOCC2)cn1. The molecule has 40 heavy (non-hydrogen) atoms. The van der Waals surface area contributed by atoms with Crippen LogP contribution in [-0.4, -0.2) is 82.5 Å². The summed E-state index contributed by atoms with van der Waals surface area (Å²) >= 11 is 0. The number of sulfone groups is 1. The molecule has 1 aromatic carbocycles. The highest BCUT2D eigenvalue weighted by atomic mass is 32.2. The molecule has 2 aliphatic rings. The smallest absolute Gasteiger partial charge is 0.316 e. The molecule has 0 spiro atoms. The Labute approximate surface area is 238 Å². The summed E-state index contributed by atoms with van der Waals surface area (Å²) in [5, 5.41) is 2.59. The second-order valence-electron chi connectivity index (χ2n) is 10.2. The molecule has 2 atom stereocenters. The highest BCUT2D eigenvalue weighted by Crippen LogP contribution is 2.35. The maximum absolute atomic E-state index is 12.9. The first-order valence-corrected chi connectivity index (χ1v) is 17.4. The van der Waals surface area contributed by atoms with Crippen molar-refractivity contribution in [3.63, 3.8) is 0 Å². The van der Waals surface area contributed by atoms with Gasteiger partial charge in [0.05, 0.1) is 52.8 Å². The van der Waals surface area contributed by atoms with Gasteiger partial charge in [-0.15, -0.1) is 0 Å². The van der Waals surface area contributed by atoms with Crippen molar-refractivity contribution >= 4 is 36.9 Å². The number of anilines is 3. The van der Waals surface area contributed by atoms with Crippen molar-refractivity contribution in [1.82, 2.24) is 14.7 Å². The predicted molar refractivity (Wildman–Crippen MR) is 157 cm³/mol. The summed E-state index contributed by atoms with van der Waals surface area (Å²) in [6, 6.07) is 6.87. The van der Waals surface area contributed by atoms with Crippen LogP contribution in [0.5, 0.6) is 6.01 Å². The summed E-state index contributed by atoms with van der Waals surface area (Å²) in [7, 11) is -7.04. The minimum absolute atomic E-state index is 0.0808. The summed E-state index contributed by atoms with van der Waals surface area (Å²) in [5.41, 5.74) is 3.60. The number of hydrogen-bond donors (Lipinski definition) is 2. The summed E-state index contributed by atoms with van der Waals surface area (Å²) in [4.78, 5) is 10.9. The molecule has 3 heterocycles. The maximum atomic E-state index is 12.9. The zero-order chi connectivity index (χ0) is 28.8. The Balaban J connectivity index is 1.59. The number of aromatic nitrogens is 2. The third-order valence-electron chi connectivity index (χ3n) is 7.61. The summed E-state index contributed by atoms with van der Waals surface area (Å²) < 4.78 is 63.1. The number of nitrogens with one attached hydrogen (secondary N) is 2. The van der Waals surface area contributed by atoms with Gasteiger partial charge in [0.2, 0.25) is 10.0 Å². The van der Waals surface area contributed by atoms with E-state index in [4.69, 9.17) is 9.47 Å². The van der Waals surface area contributed by atoms with E-state index in [2.05, 4.69) is 50.0 Å². The van der Waals surface area contributed by atoms with Crippen molar-refractivity contribution in [2.75, 3.05) is 54.6 Å². The van der Waals surface area contributed by atoms with Gasteiger partial charge in [-0.05, 0) is 63.1 Å². The fraction of sp³-hybridized carbons (Fsp3) is 0.630. The second-order valence-corrected chi connectivity index (χ2v) is 14.5. The van der Waals surface area contributed by atoms with Crippen molar-refractivity contribution in [3.05, 3.63) is 36.2 Å². The maximum Gasteiger partial charge on any atom is 0.316 e. The van der Waals surface area contributed by atoms with Crippen LogP contribution >= 0.6 is 0 Å². The van der Waals surface area contributed by atoms with Crippen LogP contribution in [0.1, 0.15) is 57.9 Å². The van der Waals surface area contributed by atoms with Crippen LogP contribution in [0, 0.1) is 0 Å². The fourth-order valence-electron chi connectivity index (χ4n) is 5.36. The topological polar surface area (TPSA) is 140 Å². The van der Waals surface area contributed by atoms with Crippen molar-refractivity contribution < 1.29 is 26.3 Å². The quantitative estimate of drug-likeness (QED) is 0.355. The molecule has 4 rings (SSSR count). The van der Waals surface area contributed by atoms with Crippen molar-refractivity contribution in [2.45, 2.75) is 63.7 Å². The molecular weight excluding hydrogens is 554 g/mol. The average Bonchev–Trinajstić information content (AvgIpc) is 3.33. The molecule has 0 bridgehead atoms. The molecule has 2 saturated heterocycles. The number of benzene rings is 1. The lowest BCUT2D eigenvalue weighted by atomic mass is 9.95. The standard InChI is InChI=1S/C27H41N5O6S2/c1-4-20(16-30-40(35,36)24-11-14-39(33,34)19-24)21-7-8-26(32(5-2)23-9-12-37-13-10-23)25(15-21)31-22-17-28-27(29-18-22)38-6-3/h7-8,15,17-18,20,23-24,30-31H,4-6,9-14,16,19H2,1-3H3. The van der Waals surface area contributed by atoms with Gasteiger partial charge in [-0.2, -0.15) is 0 Å². The Morgan fingerprint density at radius 3 is 2.45 bits per heavy atom. The lowest BCUT2D eigenvalue weighted by Gasteiger charge is -2.37. The Morgan fingerprint density at radius 1 is 1.12 bits per heavy atom. The molecule has 2 fully saturated rings. The Morgan fingerprint density at radius 2 is 1.85 bits per heavy atom. The molecule has 13 heteroatoms. The van der Waals surface area contributed by atoms with E-state index in [9.17, 15) is 16.8 Å². The number of ether oxygens (including phenoxy) is 2. The molecule has 2 aliphatic heterocycles. The Hall–Kier alpha value is -2.48. The lowest BCUT2D eigenvalue weighted by Crippen LogP contribution is -2.39. The second kappa shape index (κ2) is 13.5. The van der Waals surface area contributed by atoms with E-state index >= 15 is 0 Å². The highest BCUT2D eigenvalue weighted by molar-refractivity contribution is 7.95. The zero-order valence-corrected chi connectivity index (χ0v) is 25.1. The van der Waals surface area contributed by atoms with Crippen LogP contribution in [0.15, 0.2) is 30.6 Å². The minimum atomic E-state index is -3.75.